The van der Waals surface area contributed by atoms with Crippen molar-refractivity contribution in [2.45, 2.75) is 33.2 Å². The van der Waals surface area contributed by atoms with Gasteiger partial charge in [0.25, 0.3) is 0 Å². The number of hydrogen-bond donors (Lipinski definition) is 0. The summed E-state index contributed by atoms with van der Waals surface area (Å²) in [6.45, 7) is 11.8. The van der Waals surface area contributed by atoms with E-state index in [2.05, 4.69) is 37.4 Å². The van der Waals surface area contributed by atoms with Gasteiger partial charge in [0.15, 0.2) is 0 Å². The van der Waals surface area contributed by atoms with Crippen LogP contribution in [-0.2, 0) is 0 Å². The van der Waals surface area contributed by atoms with Gasteiger partial charge in [-0.2, -0.15) is 0 Å². The molecule has 0 spiro atoms. The molecule has 0 aliphatic rings. The lowest BCUT2D eigenvalue weighted by Gasteiger charge is -2.30. The molecule has 0 saturated carbocycles. The smallest absolute Gasteiger partial charge is 0.0523 e. The summed E-state index contributed by atoms with van der Waals surface area (Å²) >= 11 is 0. The van der Waals surface area contributed by atoms with Crippen molar-refractivity contribution in [3.05, 3.63) is 11.9 Å². The molecule has 11 heavy (non-hydrogen) atoms. The van der Waals surface area contributed by atoms with Crippen LogP contribution in [0, 0.1) is 0 Å². The second-order valence-corrected chi connectivity index (χ2v) is 3.71. The van der Waals surface area contributed by atoms with Gasteiger partial charge in [-0.05, 0) is 34.4 Å². The van der Waals surface area contributed by atoms with E-state index in [4.69, 9.17) is 0 Å². The van der Waals surface area contributed by atoms with E-state index in [-0.39, 0.29) is 5.54 Å². The van der Waals surface area contributed by atoms with Crippen molar-refractivity contribution in [3.8, 4) is 0 Å². The SMILES string of the molecule is C=N/C(C)=C\N(C)C(C)(C)C. The third-order valence-electron chi connectivity index (χ3n) is 1.69. The maximum Gasteiger partial charge on any atom is 0.0523 e. The summed E-state index contributed by atoms with van der Waals surface area (Å²) in [6, 6.07) is 0. The van der Waals surface area contributed by atoms with Crippen LogP contribution in [0.15, 0.2) is 16.9 Å². The minimum absolute atomic E-state index is 0.159. The highest BCUT2D eigenvalue weighted by atomic mass is 15.1. The van der Waals surface area contributed by atoms with Crippen molar-refractivity contribution >= 4 is 6.72 Å². The number of allylic oxidation sites excluding steroid dienone is 1. The van der Waals surface area contributed by atoms with E-state index < -0.39 is 0 Å². The van der Waals surface area contributed by atoms with Gasteiger partial charge in [0.2, 0.25) is 0 Å². The molecule has 0 unspecified atom stereocenters. The first-order valence-corrected chi connectivity index (χ1v) is 3.76. The van der Waals surface area contributed by atoms with Gasteiger partial charge in [-0.3, -0.25) is 4.99 Å². The van der Waals surface area contributed by atoms with Gasteiger partial charge >= 0.3 is 0 Å². The molecule has 0 aromatic carbocycles. The molecular weight excluding hydrogens is 136 g/mol. The lowest BCUT2D eigenvalue weighted by atomic mass is 10.1. The average molecular weight is 154 g/mol. The Morgan fingerprint density at radius 1 is 1.45 bits per heavy atom. The lowest BCUT2D eigenvalue weighted by molar-refractivity contribution is 0.248. The Labute approximate surface area is 69.6 Å². The van der Waals surface area contributed by atoms with Gasteiger partial charge in [-0.1, -0.05) is 0 Å². The number of nitrogens with zero attached hydrogens (tertiary/aromatic N) is 2. The summed E-state index contributed by atoms with van der Waals surface area (Å²) in [4.78, 5) is 5.93. The summed E-state index contributed by atoms with van der Waals surface area (Å²) in [5, 5.41) is 0. The van der Waals surface area contributed by atoms with Gasteiger partial charge in [0.1, 0.15) is 0 Å². The molecule has 0 amide bonds. The summed E-state index contributed by atoms with van der Waals surface area (Å²) in [7, 11) is 2.04. The second kappa shape index (κ2) is 3.56. The van der Waals surface area contributed by atoms with E-state index in [0.717, 1.165) is 5.70 Å². The maximum absolute atomic E-state index is 3.81. The standard InChI is InChI=1S/C9H18N2/c1-8(10-5)7-11(6)9(2,3)4/h7H,5H2,1-4,6H3/b8-7-. The molecular formula is C9H18N2. The lowest BCUT2D eigenvalue weighted by Crippen LogP contribution is -2.33. The molecule has 0 N–H and O–H groups in total. The van der Waals surface area contributed by atoms with Crippen LogP contribution < -0.4 is 0 Å². The zero-order valence-electron chi connectivity index (χ0n) is 8.18. The van der Waals surface area contributed by atoms with Crippen molar-refractivity contribution in [3.63, 3.8) is 0 Å². The third kappa shape index (κ3) is 3.81. The molecule has 0 saturated heterocycles. The van der Waals surface area contributed by atoms with Crippen LogP contribution in [0.2, 0.25) is 0 Å². The molecule has 0 fully saturated rings. The Morgan fingerprint density at radius 2 is 1.91 bits per heavy atom. The quantitative estimate of drug-likeness (QED) is 0.557. The van der Waals surface area contributed by atoms with Gasteiger partial charge < -0.3 is 4.90 Å². The highest BCUT2D eigenvalue weighted by molar-refractivity contribution is 5.28. The number of rotatable bonds is 2. The molecule has 2 nitrogen and oxygen atoms in total. The highest BCUT2D eigenvalue weighted by Gasteiger charge is 2.13. The van der Waals surface area contributed by atoms with Crippen LogP contribution in [0.4, 0.5) is 0 Å². The van der Waals surface area contributed by atoms with Crippen molar-refractivity contribution in [1.29, 1.82) is 0 Å². The largest absolute Gasteiger partial charge is 0.374 e. The number of aliphatic imine (C=N–C) groups is 1. The van der Waals surface area contributed by atoms with E-state index in [0.29, 0.717) is 0 Å². The van der Waals surface area contributed by atoms with E-state index in [1.807, 2.05) is 20.2 Å². The summed E-state index contributed by atoms with van der Waals surface area (Å²) < 4.78 is 0. The van der Waals surface area contributed by atoms with Crippen LogP contribution in [0.3, 0.4) is 0 Å². The predicted octanol–water partition coefficient (Wildman–Crippen LogP) is 2.28. The fourth-order valence-electron chi connectivity index (χ4n) is 0.515. The van der Waals surface area contributed by atoms with Gasteiger partial charge in [-0.15, -0.1) is 0 Å². The first-order chi connectivity index (χ1) is 4.88. The molecule has 0 bridgehead atoms. The molecule has 0 rings (SSSR count). The average Bonchev–Trinajstić information content (AvgIpc) is 1.85. The number of hydrogen-bond acceptors (Lipinski definition) is 2. The van der Waals surface area contributed by atoms with Crippen molar-refractivity contribution < 1.29 is 0 Å². The highest BCUT2D eigenvalue weighted by Crippen LogP contribution is 2.12. The summed E-state index contributed by atoms with van der Waals surface area (Å²) in [6.07, 6.45) is 1.99. The van der Waals surface area contributed by atoms with Crippen LogP contribution in [0.5, 0.6) is 0 Å². The van der Waals surface area contributed by atoms with Crippen LogP contribution in [-0.4, -0.2) is 24.2 Å². The summed E-state index contributed by atoms with van der Waals surface area (Å²) in [5.41, 5.74) is 1.11. The van der Waals surface area contributed by atoms with E-state index in [1.54, 1.807) is 0 Å². The summed E-state index contributed by atoms with van der Waals surface area (Å²) in [5.74, 6) is 0. The minimum Gasteiger partial charge on any atom is -0.374 e. The fourth-order valence-corrected chi connectivity index (χ4v) is 0.515. The van der Waals surface area contributed by atoms with Crippen molar-refractivity contribution in [2.24, 2.45) is 4.99 Å². The molecule has 0 aromatic rings. The van der Waals surface area contributed by atoms with Gasteiger partial charge in [0, 0.05) is 18.8 Å². The molecule has 0 atom stereocenters. The predicted molar refractivity (Wildman–Crippen MR) is 50.8 cm³/mol. The molecule has 0 heterocycles. The third-order valence-corrected chi connectivity index (χ3v) is 1.69. The molecule has 0 aliphatic carbocycles. The minimum atomic E-state index is 0.159. The van der Waals surface area contributed by atoms with E-state index in [1.165, 1.54) is 0 Å². The Bertz CT molecular complexity index is 163. The topological polar surface area (TPSA) is 15.6 Å². The molecule has 0 aromatic heterocycles. The first kappa shape index (κ1) is 10.2. The van der Waals surface area contributed by atoms with Gasteiger partial charge in [0.05, 0.1) is 5.70 Å². The fraction of sp³-hybridized carbons (Fsp3) is 0.667. The Hall–Kier alpha value is -0.790. The first-order valence-electron chi connectivity index (χ1n) is 3.76. The van der Waals surface area contributed by atoms with Crippen LogP contribution in [0.25, 0.3) is 0 Å². The Morgan fingerprint density at radius 3 is 2.18 bits per heavy atom. The van der Waals surface area contributed by atoms with Crippen molar-refractivity contribution in [2.75, 3.05) is 7.05 Å². The molecule has 0 aliphatic heterocycles. The maximum atomic E-state index is 3.81. The zero-order chi connectivity index (χ0) is 9.07. The van der Waals surface area contributed by atoms with E-state index in [9.17, 15) is 0 Å². The molecule has 0 radical (unpaired) electrons. The normalized spacial score (nSPS) is 13.0. The van der Waals surface area contributed by atoms with Gasteiger partial charge in [-0.25, -0.2) is 0 Å². The van der Waals surface area contributed by atoms with E-state index >= 15 is 0 Å². The van der Waals surface area contributed by atoms with Crippen LogP contribution >= 0.6 is 0 Å². The molecule has 2 heteroatoms. The van der Waals surface area contributed by atoms with Crippen LogP contribution in [0.1, 0.15) is 27.7 Å². The monoisotopic (exact) mass is 154 g/mol. The molecule has 64 valence electrons. The Balaban J connectivity index is 4.28. The zero-order valence-corrected chi connectivity index (χ0v) is 8.18. The Kier molecular flexibility index (Phi) is 3.30. The second-order valence-electron chi connectivity index (χ2n) is 3.71. The van der Waals surface area contributed by atoms with Crippen molar-refractivity contribution in [1.82, 2.24) is 4.90 Å².